The van der Waals surface area contributed by atoms with Crippen LogP contribution in [-0.4, -0.2) is 12.6 Å². The second kappa shape index (κ2) is 7.48. The summed E-state index contributed by atoms with van der Waals surface area (Å²) in [6.07, 6.45) is 0.787. The summed E-state index contributed by atoms with van der Waals surface area (Å²) in [7, 11) is 0. The number of carbonyl (C=O) groups is 1. The zero-order valence-electron chi connectivity index (χ0n) is 11.6. The summed E-state index contributed by atoms with van der Waals surface area (Å²) in [6.45, 7) is 2.50. The van der Waals surface area contributed by atoms with E-state index in [1.165, 1.54) is 5.56 Å². The molecule has 0 saturated carbocycles. The standard InChI is InChI=1S/C16H16BrClN2O/c1-11-2-7-14(18)10-15(11)20-16(21)19-9-8-12-3-5-13(17)6-4-12/h2-7,10H,8-9H2,1H3,(H2,19,20,21). The minimum Gasteiger partial charge on any atom is -0.338 e. The van der Waals surface area contributed by atoms with Gasteiger partial charge in [0.2, 0.25) is 0 Å². The summed E-state index contributed by atoms with van der Waals surface area (Å²) < 4.78 is 1.05. The van der Waals surface area contributed by atoms with E-state index >= 15 is 0 Å². The van der Waals surface area contributed by atoms with Crippen molar-refractivity contribution in [1.82, 2.24) is 5.32 Å². The maximum Gasteiger partial charge on any atom is 0.319 e. The van der Waals surface area contributed by atoms with Crippen LogP contribution < -0.4 is 10.6 Å². The first-order chi connectivity index (χ1) is 10.0. The van der Waals surface area contributed by atoms with Crippen LogP contribution in [0, 0.1) is 6.92 Å². The quantitative estimate of drug-likeness (QED) is 0.802. The van der Waals surface area contributed by atoms with Crippen LogP contribution in [0.15, 0.2) is 46.9 Å². The Labute approximate surface area is 137 Å². The average Bonchev–Trinajstić information content (AvgIpc) is 2.45. The molecule has 5 heteroatoms. The van der Waals surface area contributed by atoms with Gasteiger partial charge in [-0.1, -0.05) is 45.7 Å². The zero-order valence-corrected chi connectivity index (χ0v) is 14.0. The first kappa shape index (κ1) is 15.9. The van der Waals surface area contributed by atoms with E-state index in [4.69, 9.17) is 11.6 Å². The van der Waals surface area contributed by atoms with E-state index in [9.17, 15) is 4.79 Å². The fraction of sp³-hybridized carbons (Fsp3) is 0.188. The normalized spacial score (nSPS) is 10.2. The molecule has 0 aliphatic heterocycles. The molecule has 0 spiro atoms. The average molecular weight is 368 g/mol. The number of rotatable bonds is 4. The number of hydrogen-bond acceptors (Lipinski definition) is 1. The topological polar surface area (TPSA) is 41.1 Å². The lowest BCUT2D eigenvalue weighted by molar-refractivity contribution is 0.252. The highest BCUT2D eigenvalue weighted by molar-refractivity contribution is 9.10. The minimum absolute atomic E-state index is 0.225. The molecular weight excluding hydrogens is 352 g/mol. The molecule has 110 valence electrons. The number of amides is 2. The lowest BCUT2D eigenvalue weighted by atomic mass is 10.1. The van der Waals surface area contributed by atoms with Crippen LogP contribution in [0.3, 0.4) is 0 Å². The van der Waals surface area contributed by atoms with Gasteiger partial charge in [-0.3, -0.25) is 0 Å². The van der Waals surface area contributed by atoms with Crippen LogP contribution >= 0.6 is 27.5 Å². The molecule has 0 aliphatic rings. The first-order valence-corrected chi connectivity index (χ1v) is 7.77. The molecule has 2 amide bonds. The molecule has 2 aromatic rings. The van der Waals surface area contributed by atoms with E-state index in [-0.39, 0.29) is 6.03 Å². The Balaban J connectivity index is 1.82. The van der Waals surface area contributed by atoms with Crippen LogP contribution in [0.5, 0.6) is 0 Å². The monoisotopic (exact) mass is 366 g/mol. The number of nitrogens with one attached hydrogen (secondary N) is 2. The Morgan fingerprint density at radius 1 is 1.19 bits per heavy atom. The van der Waals surface area contributed by atoms with Crippen LogP contribution in [0.4, 0.5) is 10.5 Å². The number of anilines is 1. The molecule has 0 aliphatic carbocycles. The van der Waals surface area contributed by atoms with E-state index in [2.05, 4.69) is 26.6 Å². The molecule has 0 radical (unpaired) electrons. The molecule has 0 aromatic heterocycles. The Morgan fingerprint density at radius 2 is 1.90 bits per heavy atom. The van der Waals surface area contributed by atoms with E-state index in [0.29, 0.717) is 11.6 Å². The van der Waals surface area contributed by atoms with Gasteiger partial charge in [0.15, 0.2) is 0 Å². The molecule has 0 bridgehead atoms. The largest absolute Gasteiger partial charge is 0.338 e. The molecule has 0 fully saturated rings. The molecule has 0 heterocycles. The molecule has 2 rings (SSSR count). The van der Waals surface area contributed by atoms with Crippen LogP contribution in [0.2, 0.25) is 5.02 Å². The summed E-state index contributed by atoms with van der Waals surface area (Å²) in [5.41, 5.74) is 2.88. The highest BCUT2D eigenvalue weighted by Gasteiger charge is 2.04. The Morgan fingerprint density at radius 3 is 2.62 bits per heavy atom. The van der Waals surface area contributed by atoms with E-state index in [0.717, 1.165) is 22.1 Å². The lowest BCUT2D eigenvalue weighted by Crippen LogP contribution is -2.30. The number of hydrogen-bond donors (Lipinski definition) is 2. The highest BCUT2D eigenvalue weighted by Crippen LogP contribution is 2.19. The Hall–Kier alpha value is -1.52. The summed E-state index contributed by atoms with van der Waals surface area (Å²) >= 11 is 9.32. The van der Waals surface area contributed by atoms with Gasteiger partial charge in [-0.25, -0.2) is 4.79 Å². The van der Waals surface area contributed by atoms with Crippen molar-refractivity contribution in [2.75, 3.05) is 11.9 Å². The third kappa shape index (κ3) is 5.06. The zero-order chi connectivity index (χ0) is 15.2. The van der Waals surface area contributed by atoms with Gasteiger partial charge in [-0.15, -0.1) is 0 Å². The number of benzene rings is 2. The summed E-state index contributed by atoms with van der Waals surface area (Å²) in [4.78, 5) is 11.8. The maximum absolute atomic E-state index is 11.8. The second-order valence-corrected chi connectivity index (χ2v) is 6.07. The highest BCUT2D eigenvalue weighted by atomic mass is 79.9. The second-order valence-electron chi connectivity index (χ2n) is 4.72. The summed E-state index contributed by atoms with van der Waals surface area (Å²) in [5.74, 6) is 0. The maximum atomic E-state index is 11.8. The fourth-order valence-electron chi connectivity index (χ4n) is 1.87. The van der Waals surface area contributed by atoms with Gasteiger partial charge in [0.25, 0.3) is 0 Å². The van der Waals surface area contributed by atoms with Crippen LogP contribution in [-0.2, 0) is 6.42 Å². The van der Waals surface area contributed by atoms with Crippen molar-refractivity contribution in [3.8, 4) is 0 Å². The number of urea groups is 1. The van der Waals surface area contributed by atoms with Gasteiger partial charge in [0.1, 0.15) is 0 Å². The van der Waals surface area contributed by atoms with Gasteiger partial charge >= 0.3 is 6.03 Å². The van der Waals surface area contributed by atoms with Crippen molar-refractivity contribution >= 4 is 39.2 Å². The molecule has 2 N–H and O–H groups in total. The van der Waals surface area contributed by atoms with Gasteiger partial charge < -0.3 is 10.6 Å². The summed E-state index contributed by atoms with van der Waals surface area (Å²) in [6, 6.07) is 13.2. The predicted octanol–water partition coefficient (Wildman–Crippen LogP) is 4.78. The van der Waals surface area contributed by atoms with Crippen molar-refractivity contribution in [2.45, 2.75) is 13.3 Å². The molecule has 0 atom stereocenters. The van der Waals surface area contributed by atoms with E-state index in [1.807, 2.05) is 37.3 Å². The lowest BCUT2D eigenvalue weighted by Gasteiger charge is -2.10. The van der Waals surface area contributed by atoms with Crippen molar-refractivity contribution in [3.05, 3.63) is 63.1 Å². The molecule has 0 saturated heterocycles. The SMILES string of the molecule is Cc1ccc(Cl)cc1NC(=O)NCCc1ccc(Br)cc1. The van der Waals surface area contributed by atoms with Crippen molar-refractivity contribution < 1.29 is 4.79 Å². The smallest absolute Gasteiger partial charge is 0.319 e. The molecule has 0 unspecified atom stereocenters. The number of aryl methyl sites for hydroxylation is 1. The third-order valence-corrected chi connectivity index (χ3v) is 3.82. The third-order valence-electron chi connectivity index (χ3n) is 3.06. The molecule has 21 heavy (non-hydrogen) atoms. The molecule has 2 aromatic carbocycles. The van der Waals surface area contributed by atoms with Gasteiger partial charge in [0, 0.05) is 21.7 Å². The fourth-order valence-corrected chi connectivity index (χ4v) is 2.30. The van der Waals surface area contributed by atoms with Gasteiger partial charge in [-0.2, -0.15) is 0 Å². The predicted molar refractivity (Wildman–Crippen MR) is 91.1 cm³/mol. The van der Waals surface area contributed by atoms with Gasteiger partial charge in [0.05, 0.1) is 0 Å². The van der Waals surface area contributed by atoms with Crippen molar-refractivity contribution in [1.29, 1.82) is 0 Å². The van der Waals surface area contributed by atoms with Crippen molar-refractivity contribution in [3.63, 3.8) is 0 Å². The minimum atomic E-state index is -0.225. The van der Waals surface area contributed by atoms with Crippen LogP contribution in [0.25, 0.3) is 0 Å². The van der Waals surface area contributed by atoms with Gasteiger partial charge in [-0.05, 0) is 48.7 Å². The Kier molecular flexibility index (Phi) is 5.65. The molecular formula is C16H16BrClN2O. The number of halogens is 2. The van der Waals surface area contributed by atoms with E-state index < -0.39 is 0 Å². The van der Waals surface area contributed by atoms with E-state index in [1.54, 1.807) is 12.1 Å². The molecule has 3 nitrogen and oxygen atoms in total. The van der Waals surface area contributed by atoms with Crippen molar-refractivity contribution in [2.24, 2.45) is 0 Å². The Bertz CT molecular complexity index is 629. The number of carbonyl (C=O) groups excluding carboxylic acids is 1. The first-order valence-electron chi connectivity index (χ1n) is 6.60. The summed E-state index contributed by atoms with van der Waals surface area (Å²) in [5, 5.41) is 6.24. The van der Waals surface area contributed by atoms with Crippen LogP contribution in [0.1, 0.15) is 11.1 Å².